The molecule has 0 spiro atoms. The molecular weight excluding hydrogens is 343 g/mol. The maximum atomic E-state index is 14.1. The topological polar surface area (TPSA) is 51.3 Å². The number of anilines is 1. The van der Waals surface area contributed by atoms with Gasteiger partial charge in [-0.15, -0.1) is 5.10 Å². The summed E-state index contributed by atoms with van der Waals surface area (Å²) in [5.74, 6) is 1.37. The van der Waals surface area contributed by atoms with E-state index < -0.39 is 0 Å². The predicted molar refractivity (Wildman–Crippen MR) is 104 cm³/mol. The molecule has 27 heavy (non-hydrogen) atoms. The Morgan fingerprint density at radius 2 is 1.81 bits per heavy atom. The highest BCUT2D eigenvalue weighted by molar-refractivity contribution is 5.47. The zero-order valence-corrected chi connectivity index (χ0v) is 17.1. The molecule has 0 aliphatic carbocycles. The van der Waals surface area contributed by atoms with Gasteiger partial charge in [-0.1, -0.05) is 26.0 Å². The average molecular weight is 376 g/mol. The standard InChI is InChI=1S/C20H31FN6/c1-15(2)14-18(19-22-23-24-27(19)20(3,4)5)26-12-10-25(11-13-26)17-9-7-6-8-16(17)21/h6-9,15,18H,10-14H2,1-5H3/p+1/t18-/m0/s1. The van der Waals surface area contributed by atoms with Crippen molar-refractivity contribution >= 4 is 5.69 Å². The quantitative estimate of drug-likeness (QED) is 0.869. The van der Waals surface area contributed by atoms with Crippen molar-refractivity contribution in [3.05, 3.63) is 35.9 Å². The number of para-hydroxylation sites is 1. The van der Waals surface area contributed by atoms with Crippen LogP contribution in [0.3, 0.4) is 0 Å². The predicted octanol–water partition coefficient (Wildman–Crippen LogP) is 2.06. The minimum absolute atomic E-state index is 0.142. The first-order valence-electron chi connectivity index (χ1n) is 9.90. The van der Waals surface area contributed by atoms with Gasteiger partial charge in [-0.2, -0.15) is 0 Å². The van der Waals surface area contributed by atoms with Crippen LogP contribution in [0.4, 0.5) is 10.1 Å². The highest BCUT2D eigenvalue weighted by atomic mass is 19.1. The summed E-state index contributed by atoms with van der Waals surface area (Å²) < 4.78 is 16.1. The molecule has 0 unspecified atom stereocenters. The van der Waals surface area contributed by atoms with Gasteiger partial charge in [-0.25, -0.2) is 9.07 Å². The molecule has 2 heterocycles. The molecule has 1 fully saturated rings. The van der Waals surface area contributed by atoms with Gasteiger partial charge in [0.05, 0.1) is 37.4 Å². The smallest absolute Gasteiger partial charge is 0.209 e. The second-order valence-corrected chi connectivity index (χ2v) is 8.90. The molecule has 1 saturated heterocycles. The Morgan fingerprint density at radius 3 is 2.41 bits per heavy atom. The van der Waals surface area contributed by atoms with Gasteiger partial charge in [0, 0.05) is 6.42 Å². The van der Waals surface area contributed by atoms with Crippen LogP contribution in [0.2, 0.25) is 0 Å². The van der Waals surface area contributed by atoms with Crippen LogP contribution >= 0.6 is 0 Å². The van der Waals surface area contributed by atoms with Crippen LogP contribution in [0, 0.1) is 11.7 Å². The summed E-state index contributed by atoms with van der Waals surface area (Å²) >= 11 is 0. The van der Waals surface area contributed by atoms with Crippen molar-refractivity contribution in [3.63, 3.8) is 0 Å². The van der Waals surface area contributed by atoms with E-state index in [1.165, 1.54) is 11.0 Å². The number of nitrogens with zero attached hydrogens (tertiary/aromatic N) is 5. The monoisotopic (exact) mass is 375 g/mol. The Hall–Kier alpha value is -2.02. The lowest BCUT2D eigenvalue weighted by molar-refractivity contribution is -0.934. The van der Waals surface area contributed by atoms with E-state index in [2.05, 4.69) is 55.0 Å². The number of piperazine rings is 1. The molecule has 1 atom stereocenters. The molecule has 1 aliphatic heterocycles. The van der Waals surface area contributed by atoms with Crippen LogP contribution in [-0.2, 0) is 5.54 Å². The van der Waals surface area contributed by atoms with Crippen molar-refractivity contribution in [3.8, 4) is 0 Å². The van der Waals surface area contributed by atoms with E-state index in [1.54, 1.807) is 6.07 Å². The van der Waals surface area contributed by atoms with Gasteiger partial charge in [0.2, 0.25) is 5.82 Å². The Kier molecular flexibility index (Phi) is 5.79. The zero-order valence-electron chi connectivity index (χ0n) is 17.1. The third-order valence-electron chi connectivity index (χ3n) is 5.24. The van der Waals surface area contributed by atoms with Crippen molar-refractivity contribution in [2.45, 2.75) is 52.6 Å². The summed E-state index contributed by atoms with van der Waals surface area (Å²) in [4.78, 5) is 3.63. The van der Waals surface area contributed by atoms with E-state index in [0.717, 1.165) is 38.4 Å². The molecule has 1 aromatic carbocycles. The lowest BCUT2D eigenvalue weighted by Gasteiger charge is -2.38. The van der Waals surface area contributed by atoms with Crippen LogP contribution in [0.5, 0.6) is 0 Å². The van der Waals surface area contributed by atoms with E-state index in [-0.39, 0.29) is 17.4 Å². The van der Waals surface area contributed by atoms with Crippen molar-refractivity contribution in [2.75, 3.05) is 31.1 Å². The molecule has 0 amide bonds. The molecule has 0 radical (unpaired) electrons. The Balaban J connectivity index is 1.78. The summed E-state index contributed by atoms with van der Waals surface area (Å²) in [5.41, 5.74) is 0.555. The molecule has 0 bridgehead atoms. The number of benzene rings is 1. The number of quaternary nitrogens is 1. The van der Waals surface area contributed by atoms with E-state index in [0.29, 0.717) is 11.6 Å². The minimum atomic E-state index is -0.150. The lowest BCUT2D eigenvalue weighted by Crippen LogP contribution is -3.15. The van der Waals surface area contributed by atoms with E-state index in [1.807, 2.05) is 16.8 Å². The molecule has 148 valence electrons. The third-order valence-corrected chi connectivity index (χ3v) is 5.24. The third kappa shape index (κ3) is 4.46. The van der Waals surface area contributed by atoms with Crippen LogP contribution in [0.1, 0.15) is 52.9 Å². The zero-order chi connectivity index (χ0) is 19.6. The van der Waals surface area contributed by atoms with Gasteiger partial charge < -0.3 is 9.80 Å². The summed E-state index contributed by atoms with van der Waals surface area (Å²) in [5, 5.41) is 12.7. The highest BCUT2D eigenvalue weighted by Crippen LogP contribution is 2.23. The minimum Gasteiger partial charge on any atom is -0.358 e. The van der Waals surface area contributed by atoms with Crippen molar-refractivity contribution in [2.24, 2.45) is 5.92 Å². The second kappa shape index (κ2) is 7.92. The SMILES string of the molecule is CC(C)C[C@@H](c1nnnn1C(C)(C)C)[NH+]1CCN(c2ccccc2F)CC1. The van der Waals surface area contributed by atoms with Crippen molar-refractivity contribution < 1.29 is 9.29 Å². The molecule has 6 nitrogen and oxygen atoms in total. The number of halogens is 1. The normalized spacial score (nSPS) is 17.5. The Bertz CT molecular complexity index is 743. The summed E-state index contributed by atoms with van der Waals surface area (Å²) in [6, 6.07) is 7.30. The second-order valence-electron chi connectivity index (χ2n) is 8.90. The van der Waals surface area contributed by atoms with Gasteiger partial charge in [0.25, 0.3) is 0 Å². The van der Waals surface area contributed by atoms with Gasteiger partial charge in [0.1, 0.15) is 5.82 Å². The highest BCUT2D eigenvalue weighted by Gasteiger charge is 2.35. The largest absolute Gasteiger partial charge is 0.358 e. The first-order chi connectivity index (χ1) is 12.8. The van der Waals surface area contributed by atoms with E-state index in [9.17, 15) is 4.39 Å². The summed E-state index contributed by atoms with van der Waals surface area (Å²) in [6.07, 6.45) is 1.03. The number of hydrogen-bond donors (Lipinski definition) is 1. The van der Waals surface area contributed by atoms with Crippen LogP contribution in [-0.4, -0.2) is 46.4 Å². The van der Waals surface area contributed by atoms with Gasteiger partial charge in [-0.3, -0.25) is 0 Å². The van der Waals surface area contributed by atoms with Gasteiger partial charge in [-0.05, 0) is 49.2 Å². The van der Waals surface area contributed by atoms with E-state index >= 15 is 0 Å². The Labute approximate surface area is 161 Å². The number of aromatic nitrogens is 4. The first kappa shape index (κ1) is 19.7. The average Bonchev–Trinajstić information content (AvgIpc) is 3.10. The fourth-order valence-corrected chi connectivity index (χ4v) is 3.91. The molecule has 1 aromatic heterocycles. The maximum absolute atomic E-state index is 14.1. The summed E-state index contributed by atoms with van der Waals surface area (Å²) in [7, 11) is 0. The number of nitrogens with one attached hydrogen (secondary N) is 1. The fourth-order valence-electron chi connectivity index (χ4n) is 3.91. The molecule has 7 heteroatoms. The molecule has 0 saturated carbocycles. The molecule has 1 aliphatic rings. The molecular formula is C20H32FN6+. The molecule has 3 rings (SSSR count). The number of rotatable bonds is 5. The van der Waals surface area contributed by atoms with E-state index in [4.69, 9.17) is 0 Å². The maximum Gasteiger partial charge on any atom is 0.209 e. The van der Waals surface area contributed by atoms with Crippen molar-refractivity contribution in [1.82, 2.24) is 20.2 Å². The van der Waals surface area contributed by atoms with Gasteiger partial charge >= 0.3 is 0 Å². The fraction of sp³-hybridized carbons (Fsp3) is 0.650. The van der Waals surface area contributed by atoms with Crippen LogP contribution in [0.15, 0.2) is 24.3 Å². The van der Waals surface area contributed by atoms with Crippen molar-refractivity contribution in [1.29, 1.82) is 0 Å². The summed E-state index contributed by atoms with van der Waals surface area (Å²) in [6.45, 7) is 14.4. The first-order valence-corrected chi connectivity index (χ1v) is 9.90. The number of hydrogen-bond acceptors (Lipinski definition) is 4. The Morgan fingerprint density at radius 1 is 1.15 bits per heavy atom. The lowest BCUT2D eigenvalue weighted by atomic mass is 9.99. The number of tetrazole rings is 1. The van der Waals surface area contributed by atoms with Gasteiger partial charge in [0.15, 0.2) is 6.04 Å². The molecule has 1 N–H and O–H groups in total. The van der Waals surface area contributed by atoms with Crippen LogP contribution < -0.4 is 9.80 Å². The van der Waals surface area contributed by atoms with Crippen LogP contribution in [0.25, 0.3) is 0 Å². The molecule has 2 aromatic rings.